The van der Waals surface area contributed by atoms with Crippen LogP contribution in [0, 0.1) is 0 Å². The molecule has 2 aliphatic rings. The van der Waals surface area contributed by atoms with Crippen LogP contribution in [0.2, 0.25) is 0 Å². The number of likely N-dealkylation sites (N-methyl/N-ethyl adjacent to an activating group) is 2. The topological polar surface area (TPSA) is 57.6 Å². The molecule has 3 aromatic rings. The molecule has 1 saturated heterocycles. The summed E-state index contributed by atoms with van der Waals surface area (Å²) < 4.78 is 8.23. The summed E-state index contributed by atoms with van der Waals surface area (Å²) in [5.41, 5.74) is 5.77. The molecule has 1 fully saturated rings. The molecule has 0 amide bonds. The van der Waals surface area contributed by atoms with Crippen LogP contribution in [0.15, 0.2) is 48.7 Å². The van der Waals surface area contributed by atoms with E-state index in [1.165, 1.54) is 16.8 Å². The molecular weight excluding hydrogens is 400 g/mol. The lowest BCUT2D eigenvalue weighted by Crippen LogP contribution is -2.44. The van der Waals surface area contributed by atoms with E-state index in [0.717, 1.165) is 68.8 Å². The van der Waals surface area contributed by atoms with Gasteiger partial charge in [-0.15, -0.1) is 0 Å². The van der Waals surface area contributed by atoms with Gasteiger partial charge >= 0.3 is 0 Å². The summed E-state index contributed by atoms with van der Waals surface area (Å²) in [5, 5.41) is 6.56. The molecule has 0 bridgehead atoms. The van der Waals surface area contributed by atoms with E-state index in [4.69, 9.17) is 9.72 Å². The fraction of sp³-hybridized carbons (Fsp3) is 0.400. The maximum Gasteiger partial charge on any atom is 0.151 e. The fourth-order valence-electron chi connectivity index (χ4n) is 4.38. The van der Waals surface area contributed by atoms with Gasteiger partial charge < -0.3 is 25.2 Å². The zero-order valence-electron chi connectivity index (χ0n) is 19.0. The van der Waals surface area contributed by atoms with Gasteiger partial charge in [0.2, 0.25) is 0 Å². The highest BCUT2D eigenvalue weighted by Crippen LogP contribution is 2.34. The minimum absolute atomic E-state index is 0.495. The van der Waals surface area contributed by atoms with Crippen molar-refractivity contribution in [1.82, 2.24) is 25.1 Å². The third-order valence-corrected chi connectivity index (χ3v) is 6.33. The first-order valence-corrected chi connectivity index (χ1v) is 11.4. The van der Waals surface area contributed by atoms with E-state index in [9.17, 15) is 0 Å². The summed E-state index contributed by atoms with van der Waals surface area (Å²) in [6, 6.07) is 15.4. The lowest BCUT2D eigenvalue weighted by atomic mass is 10.0. The molecule has 0 saturated carbocycles. The number of ether oxygens (including phenoxy) is 1. The van der Waals surface area contributed by atoms with Crippen LogP contribution in [0.1, 0.15) is 11.5 Å². The fourth-order valence-corrected chi connectivity index (χ4v) is 4.38. The van der Waals surface area contributed by atoms with Crippen molar-refractivity contribution in [2.75, 3.05) is 58.3 Å². The molecule has 1 aromatic heterocycles. The van der Waals surface area contributed by atoms with Gasteiger partial charge in [0, 0.05) is 57.7 Å². The Morgan fingerprint density at radius 2 is 1.75 bits per heavy atom. The molecule has 7 heteroatoms. The van der Waals surface area contributed by atoms with E-state index >= 15 is 0 Å². The SMILES string of the molecule is CNCCNCc1cn2c(n1)COc1cc(-c3ccc(N4CCN(C)CC4)cc3)ccc1-2. The zero-order chi connectivity index (χ0) is 21.9. The quantitative estimate of drug-likeness (QED) is 0.560. The van der Waals surface area contributed by atoms with Crippen LogP contribution in [0.25, 0.3) is 16.8 Å². The van der Waals surface area contributed by atoms with Crippen LogP contribution < -0.4 is 20.3 Å². The molecule has 0 radical (unpaired) electrons. The Labute approximate surface area is 190 Å². The van der Waals surface area contributed by atoms with Gasteiger partial charge in [-0.3, -0.25) is 4.57 Å². The second-order valence-electron chi connectivity index (χ2n) is 8.61. The maximum atomic E-state index is 6.07. The number of anilines is 1. The average molecular weight is 433 g/mol. The van der Waals surface area contributed by atoms with E-state index in [2.05, 4.69) is 80.7 Å². The van der Waals surface area contributed by atoms with Gasteiger partial charge in [-0.1, -0.05) is 18.2 Å². The van der Waals surface area contributed by atoms with Gasteiger partial charge in [-0.2, -0.15) is 0 Å². The smallest absolute Gasteiger partial charge is 0.151 e. The van der Waals surface area contributed by atoms with E-state index < -0.39 is 0 Å². The molecule has 7 nitrogen and oxygen atoms in total. The second-order valence-corrected chi connectivity index (χ2v) is 8.61. The van der Waals surface area contributed by atoms with Crippen molar-refractivity contribution in [1.29, 1.82) is 0 Å². The summed E-state index contributed by atoms with van der Waals surface area (Å²) in [6.45, 7) is 7.53. The number of aromatic nitrogens is 2. The van der Waals surface area contributed by atoms with Crippen LogP contribution in [-0.2, 0) is 13.2 Å². The number of hydrogen-bond donors (Lipinski definition) is 2. The van der Waals surface area contributed by atoms with E-state index in [-0.39, 0.29) is 0 Å². The largest absolute Gasteiger partial charge is 0.483 e. The number of benzene rings is 2. The Morgan fingerprint density at radius 3 is 2.53 bits per heavy atom. The van der Waals surface area contributed by atoms with E-state index in [1.54, 1.807) is 0 Å². The third-order valence-electron chi connectivity index (χ3n) is 6.33. The average Bonchev–Trinajstić information content (AvgIpc) is 3.26. The Hall–Kier alpha value is -2.87. The first-order chi connectivity index (χ1) is 15.7. The summed E-state index contributed by atoms with van der Waals surface area (Å²) in [5.74, 6) is 1.86. The molecule has 0 spiro atoms. The Balaban J connectivity index is 1.31. The molecule has 0 unspecified atom stereocenters. The van der Waals surface area contributed by atoms with Crippen LogP contribution in [0.3, 0.4) is 0 Å². The normalized spacial score (nSPS) is 15.9. The van der Waals surface area contributed by atoms with Gasteiger partial charge in [0.15, 0.2) is 5.82 Å². The zero-order valence-corrected chi connectivity index (χ0v) is 19.0. The highest BCUT2D eigenvalue weighted by Gasteiger charge is 2.20. The van der Waals surface area contributed by atoms with E-state index in [1.807, 2.05) is 7.05 Å². The van der Waals surface area contributed by atoms with Crippen LogP contribution in [0.5, 0.6) is 5.75 Å². The lowest BCUT2D eigenvalue weighted by molar-refractivity contribution is 0.279. The minimum Gasteiger partial charge on any atom is -0.483 e. The van der Waals surface area contributed by atoms with Crippen molar-refractivity contribution in [2.24, 2.45) is 0 Å². The molecule has 32 heavy (non-hydrogen) atoms. The highest BCUT2D eigenvalue weighted by atomic mass is 16.5. The molecule has 3 heterocycles. The van der Waals surface area contributed by atoms with Crippen LogP contribution >= 0.6 is 0 Å². The number of rotatable bonds is 7. The monoisotopic (exact) mass is 432 g/mol. The number of imidazole rings is 1. The molecule has 2 aliphatic heterocycles. The van der Waals surface area contributed by atoms with Crippen LogP contribution in [-0.4, -0.2) is 67.8 Å². The Morgan fingerprint density at radius 1 is 0.969 bits per heavy atom. The van der Waals surface area contributed by atoms with Gasteiger partial charge in [-0.05, 0) is 49.5 Å². The second kappa shape index (κ2) is 9.32. The lowest BCUT2D eigenvalue weighted by Gasteiger charge is -2.34. The number of piperazine rings is 1. The molecule has 2 N–H and O–H groups in total. The summed E-state index contributed by atoms with van der Waals surface area (Å²) in [6.07, 6.45) is 2.12. The summed E-state index contributed by atoms with van der Waals surface area (Å²) in [7, 11) is 4.15. The summed E-state index contributed by atoms with van der Waals surface area (Å²) in [4.78, 5) is 9.58. The number of nitrogens with one attached hydrogen (secondary N) is 2. The van der Waals surface area contributed by atoms with Crippen molar-refractivity contribution in [3.63, 3.8) is 0 Å². The minimum atomic E-state index is 0.495. The van der Waals surface area contributed by atoms with Gasteiger partial charge in [0.25, 0.3) is 0 Å². The van der Waals surface area contributed by atoms with Crippen LogP contribution in [0.4, 0.5) is 5.69 Å². The summed E-state index contributed by atoms with van der Waals surface area (Å²) >= 11 is 0. The predicted molar refractivity (Wildman–Crippen MR) is 129 cm³/mol. The van der Waals surface area contributed by atoms with Crippen molar-refractivity contribution in [3.8, 4) is 22.6 Å². The van der Waals surface area contributed by atoms with Gasteiger partial charge in [0.1, 0.15) is 12.4 Å². The Bertz CT molecular complexity index is 1050. The first-order valence-electron chi connectivity index (χ1n) is 11.4. The molecule has 168 valence electrons. The maximum absolute atomic E-state index is 6.07. The highest BCUT2D eigenvalue weighted by molar-refractivity contribution is 5.70. The molecular formula is C25H32N6O. The molecule has 2 aromatic carbocycles. The van der Waals surface area contributed by atoms with Crippen molar-refractivity contribution in [2.45, 2.75) is 13.2 Å². The predicted octanol–water partition coefficient (Wildman–Crippen LogP) is 2.49. The van der Waals surface area contributed by atoms with Gasteiger partial charge in [0.05, 0.1) is 11.4 Å². The van der Waals surface area contributed by atoms with Gasteiger partial charge in [-0.25, -0.2) is 4.98 Å². The van der Waals surface area contributed by atoms with Crippen molar-refractivity contribution >= 4 is 5.69 Å². The van der Waals surface area contributed by atoms with Crippen molar-refractivity contribution < 1.29 is 4.74 Å². The van der Waals surface area contributed by atoms with E-state index in [0.29, 0.717) is 6.61 Å². The third kappa shape index (κ3) is 4.37. The molecule has 0 atom stereocenters. The molecule has 0 aliphatic carbocycles. The Kier molecular flexibility index (Phi) is 6.12. The first kappa shape index (κ1) is 21.0. The number of nitrogens with zero attached hydrogens (tertiary/aromatic N) is 4. The molecule has 5 rings (SSSR count). The standard InChI is InChI=1S/C25H32N6O/c1-26-9-10-27-16-21-17-31-23-8-5-20(15-24(23)32-18-25(31)28-21)19-3-6-22(7-4-19)30-13-11-29(2)12-14-30/h3-8,15,17,26-27H,9-14,16,18H2,1-2H3. The number of fused-ring (bicyclic) bond motifs is 3. The number of hydrogen-bond acceptors (Lipinski definition) is 6. The van der Waals surface area contributed by atoms with Crippen molar-refractivity contribution in [3.05, 3.63) is 60.2 Å².